The van der Waals surface area contributed by atoms with Gasteiger partial charge < -0.3 is 25.5 Å². The van der Waals surface area contributed by atoms with E-state index in [1.165, 1.54) is 0 Å². The number of rotatable bonds is 9. The summed E-state index contributed by atoms with van der Waals surface area (Å²) in [4.78, 5) is 30.0. The third kappa shape index (κ3) is 6.26. The number of hydrogen-bond acceptors (Lipinski definition) is 4. The number of ether oxygens (including phenoxy) is 1. The number of aliphatic hydroxyl groups is 1. The van der Waals surface area contributed by atoms with Crippen LogP contribution in [-0.4, -0.2) is 46.4 Å². The fraction of sp³-hybridized carbons (Fsp3) is 0.448. The van der Waals surface area contributed by atoms with E-state index in [1.54, 1.807) is 6.92 Å². The molecule has 0 unspecified atom stereocenters. The van der Waals surface area contributed by atoms with Crippen molar-refractivity contribution in [3.8, 4) is 0 Å². The number of fused-ring (bicyclic) bond motifs is 1. The van der Waals surface area contributed by atoms with Crippen LogP contribution in [0.2, 0.25) is 0 Å². The maximum absolute atomic E-state index is 13.7. The Hall–Kier alpha value is -3.32. The molecule has 1 aliphatic carbocycles. The SMILES string of the molecule is C[C@@H]1CCCC[C@H]1OC(=O)N[C@](C)(Cc1c[nH]c2ccccc12)C(=O)N[C@@H](CO)Cc1ccccc1. The molecule has 1 aromatic heterocycles. The standard InChI is InChI=1S/C29H37N3O4/c1-20-10-6-9-15-26(20)36-28(35)32-29(2,17-22-18-30-25-14-8-7-13-24(22)25)27(34)31-23(19-33)16-21-11-4-3-5-12-21/h3-5,7-8,11-14,18,20,23,26,30,33H,6,9-10,15-17,19H2,1-2H3,(H,31,34)(H,32,35)/t20-,23-,26-,29-/m1/s1. The first kappa shape index (κ1) is 25.8. The monoisotopic (exact) mass is 491 g/mol. The van der Waals surface area contributed by atoms with Crippen LogP contribution in [0.1, 0.15) is 50.7 Å². The molecule has 36 heavy (non-hydrogen) atoms. The zero-order valence-corrected chi connectivity index (χ0v) is 21.1. The molecule has 0 saturated heterocycles. The number of aromatic nitrogens is 1. The summed E-state index contributed by atoms with van der Waals surface area (Å²) in [5.41, 5.74) is 1.60. The summed E-state index contributed by atoms with van der Waals surface area (Å²) in [6.07, 6.45) is 5.93. The van der Waals surface area contributed by atoms with Crippen LogP contribution in [0.15, 0.2) is 60.8 Å². The van der Waals surface area contributed by atoms with Crippen LogP contribution < -0.4 is 10.6 Å². The molecule has 7 heteroatoms. The van der Waals surface area contributed by atoms with Gasteiger partial charge in [-0.25, -0.2) is 4.79 Å². The Labute approximate surface area is 212 Å². The highest BCUT2D eigenvalue weighted by Crippen LogP contribution is 2.27. The number of carbonyl (C=O) groups is 2. The number of aromatic amines is 1. The van der Waals surface area contributed by atoms with Crippen LogP contribution in [0.5, 0.6) is 0 Å². The molecular weight excluding hydrogens is 454 g/mol. The summed E-state index contributed by atoms with van der Waals surface area (Å²) < 4.78 is 5.80. The average molecular weight is 492 g/mol. The van der Waals surface area contributed by atoms with Crippen LogP contribution in [0.4, 0.5) is 4.79 Å². The third-order valence-electron chi connectivity index (χ3n) is 7.27. The summed E-state index contributed by atoms with van der Waals surface area (Å²) in [7, 11) is 0. The van der Waals surface area contributed by atoms with Crippen LogP contribution in [-0.2, 0) is 22.4 Å². The van der Waals surface area contributed by atoms with Crippen molar-refractivity contribution in [1.82, 2.24) is 15.6 Å². The van der Waals surface area contributed by atoms with Gasteiger partial charge in [0.15, 0.2) is 0 Å². The number of carbonyl (C=O) groups excluding carboxylic acids is 2. The first-order valence-electron chi connectivity index (χ1n) is 12.9. The number of alkyl carbamates (subject to hydrolysis) is 1. The van der Waals surface area contributed by atoms with Gasteiger partial charge in [-0.1, -0.05) is 61.9 Å². The fourth-order valence-electron chi connectivity index (χ4n) is 5.09. The molecule has 0 radical (unpaired) electrons. The minimum atomic E-state index is -1.29. The number of benzene rings is 2. The summed E-state index contributed by atoms with van der Waals surface area (Å²) in [5.74, 6) is -0.0701. The predicted molar refractivity (Wildman–Crippen MR) is 141 cm³/mol. The molecule has 1 heterocycles. The highest BCUT2D eigenvalue weighted by Gasteiger charge is 2.38. The van der Waals surface area contributed by atoms with Crippen molar-refractivity contribution < 1.29 is 19.4 Å². The second kappa shape index (κ2) is 11.6. The van der Waals surface area contributed by atoms with Crippen molar-refractivity contribution in [3.63, 3.8) is 0 Å². The number of aliphatic hydroxyl groups excluding tert-OH is 1. The van der Waals surface area contributed by atoms with E-state index < -0.39 is 17.7 Å². The van der Waals surface area contributed by atoms with Crippen molar-refractivity contribution in [2.45, 2.75) is 70.1 Å². The number of H-pyrrole nitrogens is 1. The Morgan fingerprint density at radius 2 is 1.83 bits per heavy atom. The minimum absolute atomic E-state index is 0.151. The molecule has 1 fully saturated rings. The lowest BCUT2D eigenvalue weighted by atomic mass is 9.88. The second-order valence-corrected chi connectivity index (χ2v) is 10.2. The molecule has 192 valence electrons. The van der Waals surface area contributed by atoms with Gasteiger partial charge in [0.1, 0.15) is 11.6 Å². The second-order valence-electron chi connectivity index (χ2n) is 10.2. The quantitative estimate of drug-likeness (QED) is 0.354. The minimum Gasteiger partial charge on any atom is -0.446 e. The maximum atomic E-state index is 13.7. The summed E-state index contributed by atoms with van der Waals surface area (Å²) in [6.45, 7) is 3.60. The molecule has 1 aliphatic rings. The van der Waals surface area contributed by atoms with Crippen LogP contribution in [0.25, 0.3) is 10.9 Å². The highest BCUT2D eigenvalue weighted by molar-refractivity contribution is 5.91. The van der Waals surface area contributed by atoms with Crippen LogP contribution in [0, 0.1) is 5.92 Å². The van der Waals surface area contributed by atoms with Gasteiger partial charge in [-0.15, -0.1) is 0 Å². The van der Waals surface area contributed by atoms with E-state index in [2.05, 4.69) is 22.5 Å². The highest BCUT2D eigenvalue weighted by atomic mass is 16.6. The Morgan fingerprint density at radius 3 is 2.58 bits per heavy atom. The molecule has 4 rings (SSSR count). The molecule has 2 aromatic carbocycles. The molecule has 0 bridgehead atoms. The van der Waals surface area contributed by atoms with Gasteiger partial charge in [0.05, 0.1) is 12.6 Å². The zero-order chi connectivity index (χ0) is 25.5. The summed E-state index contributed by atoms with van der Waals surface area (Å²) in [5, 5.41) is 16.8. The van der Waals surface area contributed by atoms with Crippen molar-refractivity contribution in [2.75, 3.05) is 6.61 Å². The largest absolute Gasteiger partial charge is 0.446 e. The topological polar surface area (TPSA) is 103 Å². The maximum Gasteiger partial charge on any atom is 0.408 e. The Balaban J connectivity index is 1.54. The number of hydrogen-bond donors (Lipinski definition) is 4. The first-order chi connectivity index (χ1) is 17.4. The molecule has 2 amide bonds. The Morgan fingerprint density at radius 1 is 1.11 bits per heavy atom. The number of amides is 2. The van der Waals surface area contributed by atoms with Gasteiger partial charge in [0, 0.05) is 23.5 Å². The van der Waals surface area contributed by atoms with Gasteiger partial charge in [-0.3, -0.25) is 4.79 Å². The van der Waals surface area contributed by atoms with Crippen molar-refractivity contribution in [2.24, 2.45) is 5.92 Å². The van der Waals surface area contributed by atoms with Gasteiger partial charge >= 0.3 is 6.09 Å². The molecule has 7 nitrogen and oxygen atoms in total. The van der Waals surface area contributed by atoms with E-state index >= 15 is 0 Å². The smallest absolute Gasteiger partial charge is 0.408 e. The molecule has 3 aromatic rings. The van der Waals surface area contributed by atoms with Crippen molar-refractivity contribution >= 4 is 22.9 Å². The van der Waals surface area contributed by atoms with Crippen LogP contribution >= 0.6 is 0 Å². The van der Waals surface area contributed by atoms with Crippen molar-refractivity contribution in [1.29, 1.82) is 0 Å². The van der Waals surface area contributed by atoms with E-state index in [0.717, 1.165) is 47.7 Å². The van der Waals surface area contributed by atoms with Gasteiger partial charge in [0.2, 0.25) is 5.91 Å². The van der Waals surface area contributed by atoms with E-state index in [4.69, 9.17) is 4.74 Å². The van der Waals surface area contributed by atoms with Crippen LogP contribution in [0.3, 0.4) is 0 Å². The molecular formula is C29H37N3O4. The number of nitrogens with one attached hydrogen (secondary N) is 3. The van der Waals surface area contributed by atoms with E-state index in [0.29, 0.717) is 12.3 Å². The average Bonchev–Trinajstić information content (AvgIpc) is 3.28. The van der Waals surface area contributed by atoms with E-state index in [1.807, 2.05) is 60.8 Å². The third-order valence-corrected chi connectivity index (χ3v) is 7.27. The lowest BCUT2D eigenvalue weighted by Crippen LogP contribution is -2.60. The normalized spacial score (nSPS) is 20.3. The Bertz CT molecular complexity index is 1160. The zero-order valence-electron chi connectivity index (χ0n) is 21.1. The summed E-state index contributed by atoms with van der Waals surface area (Å²) in [6, 6.07) is 17.1. The van der Waals surface area contributed by atoms with Crippen molar-refractivity contribution in [3.05, 3.63) is 71.9 Å². The first-order valence-corrected chi connectivity index (χ1v) is 12.9. The number of para-hydroxylation sites is 1. The van der Waals surface area contributed by atoms with E-state index in [9.17, 15) is 14.7 Å². The van der Waals surface area contributed by atoms with Gasteiger partial charge in [0.25, 0.3) is 0 Å². The van der Waals surface area contributed by atoms with E-state index in [-0.39, 0.29) is 25.0 Å². The summed E-state index contributed by atoms with van der Waals surface area (Å²) >= 11 is 0. The van der Waals surface area contributed by atoms with Gasteiger partial charge in [-0.2, -0.15) is 0 Å². The predicted octanol–water partition coefficient (Wildman–Crippen LogP) is 4.49. The molecule has 4 atom stereocenters. The fourth-order valence-corrected chi connectivity index (χ4v) is 5.09. The molecule has 4 N–H and O–H groups in total. The lowest BCUT2D eigenvalue weighted by Gasteiger charge is -2.33. The molecule has 1 saturated carbocycles. The Kier molecular flexibility index (Phi) is 8.31. The molecule has 0 aliphatic heterocycles. The molecule has 0 spiro atoms. The van der Waals surface area contributed by atoms with Gasteiger partial charge in [-0.05, 0) is 55.7 Å². The lowest BCUT2D eigenvalue weighted by molar-refractivity contribution is -0.128.